The van der Waals surface area contributed by atoms with Gasteiger partial charge in [-0.3, -0.25) is 4.98 Å². The number of pyridine rings is 1. The van der Waals surface area contributed by atoms with Gasteiger partial charge in [-0.25, -0.2) is 0 Å². The van der Waals surface area contributed by atoms with Crippen LogP contribution in [0.2, 0.25) is 19.6 Å². The normalized spacial score (nSPS) is 15.4. The molecule has 1 aliphatic carbocycles. The monoisotopic (exact) mass is 334 g/mol. The summed E-state index contributed by atoms with van der Waals surface area (Å²) >= 11 is 0. The summed E-state index contributed by atoms with van der Waals surface area (Å²) in [6.45, 7) is 7.22. The van der Waals surface area contributed by atoms with E-state index in [-0.39, 0.29) is 0 Å². The lowest BCUT2D eigenvalue weighted by molar-refractivity contribution is 0.547. The van der Waals surface area contributed by atoms with E-state index in [9.17, 15) is 0 Å². The summed E-state index contributed by atoms with van der Waals surface area (Å²) in [5, 5.41) is 10.5. The highest BCUT2D eigenvalue weighted by atomic mass is 28.3. The molecule has 1 heterocycles. The van der Waals surface area contributed by atoms with Gasteiger partial charge in [0, 0.05) is 11.8 Å². The summed E-state index contributed by atoms with van der Waals surface area (Å²) in [5.74, 6) is 0.844. The summed E-state index contributed by atoms with van der Waals surface area (Å²) < 4.78 is 0. The smallest absolute Gasteiger partial charge is 0.0991 e. The molecular weight excluding hydrogens is 308 g/mol. The van der Waals surface area contributed by atoms with Crippen LogP contribution >= 0.6 is 0 Å². The molecule has 0 unspecified atom stereocenters. The van der Waals surface area contributed by atoms with E-state index in [1.165, 1.54) is 42.9 Å². The second kappa shape index (κ2) is 6.90. The number of nitriles is 1. The van der Waals surface area contributed by atoms with Crippen molar-refractivity contribution in [3.05, 3.63) is 47.7 Å². The van der Waals surface area contributed by atoms with Crippen molar-refractivity contribution < 1.29 is 0 Å². The van der Waals surface area contributed by atoms with Crippen LogP contribution in [-0.4, -0.2) is 13.1 Å². The zero-order valence-electron chi connectivity index (χ0n) is 15.0. The lowest BCUT2D eigenvalue weighted by atomic mass is 9.97. The maximum atomic E-state index is 8.97. The van der Waals surface area contributed by atoms with Crippen molar-refractivity contribution in [2.24, 2.45) is 5.92 Å². The van der Waals surface area contributed by atoms with Gasteiger partial charge in [-0.1, -0.05) is 57.5 Å². The van der Waals surface area contributed by atoms with Gasteiger partial charge in [0.1, 0.15) is 0 Å². The van der Waals surface area contributed by atoms with Gasteiger partial charge in [0.2, 0.25) is 0 Å². The molecule has 3 rings (SSSR count). The maximum Gasteiger partial charge on any atom is 0.0991 e. The summed E-state index contributed by atoms with van der Waals surface area (Å²) in [6.07, 6.45) is 8.86. The minimum Gasteiger partial charge on any atom is -0.256 e. The molecule has 0 spiro atoms. The third-order valence-corrected chi connectivity index (χ3v) is 7.16. The maximum absolute atomic E-state index is 8.97. The van der Waals surface area contributed by atoms with Crippen molar-refractivity contribution in [2.45, 2.75) is 51.7 Å². The topological polar surface area (TPSA) is 36.7 Å². The predicted octanol–water partition coefficient (Wildman–Crippen LogP) is 4.90. The first-order valence-electron chi connectivity index (χ1n) is 8.97. The molecular formula is C21H26N2Si. The first kappa shape index (κ1) is 16.9. The highest BCUT2D eigenvalue weighted by Crippen LogP contribution is 2.29. The Morgan fingerprint density at radius 1 is 1.12 bits per heavy atom. The fourth-order valence-electron chi connectivity index (χ4n) is 3.74. The second-order valence-corrected chi connectivity index (χ2v) is 13.1. The largest absolute Gasteiger partial charge is 0.256 e. The Kier molecular flexibility index (Phi) is 4.87. The lowest BCUT2D eigenvalue weighted by Gasteiger charge is -2.23. The average molecular weight is 335 g/mol. The van der Waals surface area contributed by atoms with Crippen LogP contribution in [0.15, 0.2) is 36.5 Å². The van der Waals surface area contributed by atoms with Gasteiger partial charge in [0.05, 0.1) is 25.4 Å². The standard InChI is InChI=1S/C21H26N2Si/c1-24(2,3)21-15-23-20(18-10-8-17(14-22)9-11-18)13-19(21)12-16-6-4-5-7-16/h8-11,13,15-16H,4-7,12H2,1-3H3. The minimum absolute atomic E-state index is 0.698. The zero-order valence-corrected chi connectivity index (χ0v) is 16.0. The van der Waals surface area contributed by atoms with Gasteiger partial charge in [-0.05, 0) is 41.3 Å². The molecule has 3 heteroatoms. The molecule has 0 radical (unpaired) electrons. The molecule has 0 bridgehead atoms. The molecule has 0 N–H and O–H groups in total. The van der Waals surface area contributed by atoms with E-state index in [1.54, 1.807) is 0 Å². The van der Waals surface area contributed by atoms with Gasteiger partial charge >= 0.3 is 0 Å². The molecule has 2 nitrogen and oxygen atoms in total. The molecule has 1 aromatic heterocycles. The molecule has 0 saturated heterocycles. The van der Waals surface area contributed by atoms with E-state index in [2.05, 4.69) is 38.0 Å². The fraction of sp³-hybridized carbons (Fsp3) is 0.429. The molecule has 2 aromatic rings. The molecule has 0 amide bonds. The average Bonchev–Trinajstić information content (AvgIpc) is 3.07. The van der Waals surface area contributed by atoms with Gasteiger partial charge < -0.3 is 0 Å². The first-order valence-corrected chi connectivity index (χ1v) is 12.5. The Labute approximate surface area is 146 Å². The lowest BCUT2D eigenvalue weighted by Crippen LogP contribution is -2.41. The highest BCUT2D eigenvalue weighted by Gasteiger charge is 2.24. The van der Waals surface area contributed by atoms with Crippen LogP contribution in [0, 0.1) is 17.2 Å². The van der Waals surface area contributed by atoms with E-state index in [0.29, 0.717) is 5.56 Å². The van der Waals surface area contributed by atoms with Crippen molar-refractivity contribution in [1.82, 2.24) is 4.98 Å². The van der Waals surface area contributed by atoms with E-state index < -0.39 is 8.07 Å². The third-order valence-electron chi connectivity index (χ3n) is 5.09. The van der Waals surface area contributed by atoms with E-state index in [1.807, 2.05) is 24.3 Å². The van der Waals surface area contributed by atoms with E-state index in [4.69, 9.17) is 10.2 Å². The summed E-state index contributed by atoms with van der Waals surface area (Å²) in [7, 11) is -1.39. The predicted molar refractivity (Wildman–Crippen MR) is 103 cm³/mol. The highest BCUT2D eigenvalue weighted by molar-refractivity contribution is 6.89. The Morgan fingerprint density at radius 2 is 1.79 bits per heavy atom. The quantitative estimate of drug-likeness (QED) is 0.746. The molecule has 124 valence electrons. The first-order chi connectivity index (χ1) is 11.5. The van der Waals surface area contributed by atoms with Gasteiger partial charge in [0.15, 0.2) is 0 Å². The number of benzene rings is 1. The molecule has 0 aliphatic heterocycles. The summed E-state index contributed by atoms with van der Waals surface area (Å²) in [4.78, 5) is 4.76. The number of hydrogen-bond acceptors (Lipinski definition) is 2. The minimum atomic E-state index is -1.39. The van der Waals surface area contributed by atoms with Crippen LogP contribution in [0.4, 0.5) is 0 Å². The van der Waals surface area contributed by atoms with Gasteiger partial charge in [0.25, 0.3) is 0 Å². The second-order valence-electron chi connectivity index (χ2n) is 8.02. The molecule has 1 saturated carbocycles. The van der Waals surface area contributed by atoms with Crippen molar-refractivity contribution in [2.75, 3.05) is 0 Å². The van der Waals surface area contributed by atoms with Gasteiger partial charge in [-0.15, -0.1) is 0 Å². The molecule has 24 heavy (non-hydrogen) atoms. The van der Waals surface area contributed by atoms with Crippen molar-refractivity contribution in [3.8, 4) is 17.3 Å². The Balaban J connectivity index is 1.97. The Hall–Kier alpha value is -1.92. The number of nitrogens with zero attached hydrogens (tertiary/aromatic N) is 2. The van der Waals surface area contributed by atoms with Gasteiger partial charge in [-0.2, -0.15) is 5.26 Å². The number of hydrogen-bond donors (Lipinski definition) is 0. The van der Waals surface area contributed by atoms with Crippen LogP contribution in [0.5, 0.6) is 0 Å². The SMILES string of the molecule is C[Si](C)(C)c1cnc(-c2ccc(C#N)cc2)cc1CC1CCCC1. The summed E-state index contributed by atoms with van der Waals surface area (Å²) in [6, 6.07) is 12.3. The van der Waals surface area contributed by atoms with Crippen LogP contribution in [0.3, 0.4) is 0 Å². The van der Waals surface area contributed by atoms with Crippen molar-refractivity contribution >= 4 is 13.3 Å². The van der Waals surface area contributed by atoms with Crippen LogP contribution in [0.1, 0.15) is 36.8 Å². The molecule has 0 atom stereocenters. The fourth-order valence-corrected chi connectivity index (χ4v) is 5.33. The Morgan fingerprint density at radius 3 is 2.38 bits per heavy atom. The van der Waals surface area contributed by atoms with Crippen LogP contribution in [0.25, 0.3) is 11.3 Å². The molecule has 1 aromatic carbocycles. The summed E-state index contributed by atoms with van der Waals surface area (Å²) in [5.41, 5.74) is 4.34. The molecule has 1 aliphatic rings. The van der Waals surface area contributed by atoms with Crippen molar-refractivity contribution in [1.29, 1.82) is 5.26 Å². The van der Waals surface area contributed by atoms with E-state index >= 15 is 0 Å². The number of rotatable bonds is 4. The molecule has 1 fully saturated rings. The number of aromatic nitrogens is 1. The van der Waals surface area contributed by atoms with Crippen molar-refractivity contribution in [3.63, 3.8) is 0 Å². The third kappa shape index (κ3) is 3.76. The van der Waals surface area contributed by atoms with Crippen LogP contribution in [-0.2, 0) is 6.42 Å². The zero-order chi connectivity index (χ0) is 17.2. The Bertz CT molecular complexity index is 745. The van der Waals surface area contributed by atoms with E-state index in [0.717, 1.165) is 17.2 Å². The van der Waals surface area contributed by atoms with Crippen LogP contribution < -0.4 is 5.19 Å².